The molecule has 140 valence electrons. The molecule has 2 aromatic rings. The zero-order valence-electron chi connectivity index (χ0n) is 16.3. The fourth-order valence-electron chi connectivity index (χ4n) is 2.48. The standard InChI is InChI=1S/C14H19N3S.C6H15N/c1-3-9-15-14(18)13-11-7-5-6-8-12(11)17(16-13)10-4-2;1-3-5-7-6-4-2/h5-8H,3-4,9-10H2,1-2H3,(H,15,18);7H,3-6H2,1-2H3. The third kappa shape index (κ3) is 7.12. The van der Waals surface area contributed by atoms with Crippen LogP contribution in [0.4, 0.5) is 0 Å². The Morgan fingerprint density at radius 1 is 0.960 bits per heavy atom. The van der Waals surface area contributed by atoms with Gasteiger partial charge in [0, 0.05) is 18.5 Å². The average Bonchev–Trinajstić information content (AvgIpc) is 3.00. The van der Waals surface area contributed by atoms with Crippen LogP contribution in [0, 0.1) is 0 Å². The van der Waals surface area contributed by atoms with Gasteiger partial charge in [-0.1, -0.05) is 58.1 Å². The van der Waals surface area contributed by atoms with Crippen molar-refractivity contribution in [3.63, 3.8) is 0 Å². The number of rotatable bonds is 9. The van der Waals surface area contributed by atoms with Crippen molar-refractivity contribution in [2.45, 2.75) is 59.9 Å². The van der Waals surface area contributed by atoms with E-state index < -0.39 is 0 Å². The van der Waals surface area contributed by atoms with Crippen molar-refractivity contribution in [1.29, 1.82) is 0 Å². The lowest BCUT2D eigenvalue weighted by Gasteiger charge is -2.03. The summed E-state index contributed by atoms with van der Waals surface area (Å²) in [6.45, 7) is 12.8. The second-order valence-corrected chi connectivity index (χ2v) is 6.50. The molecule has 0 unspecified atom stereocenters. The number of aromatic nitrogens is 2. The normalized spacial score (nSPS) is 10.4. The van der Waals surface area contributed by atoms with Gasteiger partial charge in [-0.3, -0.25) is 4.68 Å². The predicted octanol–water partition coefficient (Wildman–Crippen LogP) is 4.52. The van der Waals surface area contributed by atoms with Gasteiger partial charge in [0.1, 0.15) is 10.7 Å². The average molecular weight is 363 g/mol. The van der Waals surface area contributed by atoms with E-state index in [-0.39, 0.29) is 0 Å². The Hall–Kier alpha value is -1.46. The van der Waals surface area contributed by atoms with Crippen LogP contribution in [0.2, 0.25) is 0 Å². The monoisotopic (exact) mass is 362 g/mol. The summed E-state index contributed by atoms with van der Waals surface area (Å²) in [5.74, 6) is 0. The topological polar surface area (TPSA) is 41.9 Å². The smallest absolute Gasteiger partial charge is 0.127 e. The van der Waals surface area contributed by atoms with Crippen molar-refractivity contribution in [3.8, 4) is 0 Å². The Kier molecular flexibility index (Phi) is 11.1. The second-order valence-electron chi connectivity index (χ2n) is 6.09. The molecular weight excluding hydrogens is 328 g/mol. The van der Waals surface area contributed by atoms with Crippen LogP contribution < -0.4 is 10.6 Å². The van der Waals surface area contributed by atoms with E-state index in [0.29, 0.717) is 0 Å². The molecular formula is C20H34N4S. The van der Waals surface area contributed by atoms with Gasteiger partial charge in [-0.05, 0) is 44.8 Å². The van der Waals surface area contributed by atoms with E-state index in [2.05, 4.69) is 55.6 Å². The minimum absolute atomic E-state index is 0.753. The molecule has 0 aliphatic carbocycles. The fourth-order valence-corrected chi connectivity index (χ4v) is 2.73. The molecule has 2 rings (SSSR count). The fraction of sp³-hybridized carbons (Fsp3) is 0.600. The third-order valence-electron chi connectivity index (χ3n) is 3.70. The van der Waals surface area contributed by atoms with Crippen molar-refractivity contribution < 1.29 is 0 Å². The number of hydrogen-bond acceptors (Lipinski definition) is 3. The maximum absolute atomic E-state index is 5.42. The Morgan fingerprint density at radius 2 is 1.60 bits per heavy atom. The van der Waals surface area contributed by atoms with Gasteiger partial charge in [0.25, 0.3) is 0 Å². The number of hydrogen-bond donors (Lipinski definition) is 2. The number of para-hydroxylation sites is 1. The molecule has 0 saturated heterocycles. The molecule has 1 heterocycles. The van der Waals surface area contributed by atoms with E-state index in [9.17, 15) is 0 Å². The first-order valence-corrected chi connectivity index (χ1v) is 10.0. The molecule has 0 fully saturated rings. The van der Waals surface area contributed by atoms with E-state index in [0.717, 1.165) is 47.5 Å². The molecule has 2 N–H and O–H groups in total. The maximum Gasteiger partial charge on any atom is 0.127 e. The maximum atomic E-state index is 5.42. The van der Waals surface area contributed by atoms with Crippen LogP contribution in [0.25, 0.3) is 10.9 Å². The van der Waals surface area contributed by atoms with Gasteiger partial charge in [0.15, 0.2) is 0 Å². The lowest BCUT2D eigenvalue weighted by Crippen LogP contribution is -2.23. The molecule has 0 saturated carbocycles. The number of nitrogens with one attached hydrogen (secondary N) is 2. The molecule has 25 heavy (non-hydrogen) atoms. The molecule has 0 atom stereocenters. The van der Waals surface area contributed by atoms with E-state index in [1.807, 2.05) is 16.8 Å². The van der Waals surface area contributed by atoms with Gasteiger partial charge in [0.05, 0.1) is 5.52 Å². The highest BCUT2D eigenvalue weighted by Gasteiger charge is 2.12. The van der Waals surface area contributed by atoms with Crippen LogP contribution in [-0.4, -0.2) is 34.4 Å². The third-order valence-corrected chi connectivity index (χ3v) is 4.04. The molecule has 0 bridgehead atoms. The van der Waals surface area contributed by atoms with Crippen molar-refractivity contribution in [2.24, 2.45) is 0 Å². The number of fused-ring (bicyclic) bond motifs is 1. The Labute approximate surface area is 158 Å². The van der Waals surface area contributed by atoms with Gasteiger partial charge in [-0.25, -0.2) is 0 Å². The summed E-state index contributed by atoms with van der Waals surface area (Å²) in [4.78, 5) is 0.753. The molecule has 0 aliphatic heterocycles. The van der Waals surface area contributed by atoms with Gasteiger partial charge >= 0.3 is 0 Å². The van der Waals surface area contributed by atoms with Crippen LogP contribution >= 0.6 is 12.2 Å². The predicted molar refractivity (Wildman–Crippen MR) is 113 cm³/mol. The molecule has 1 aromatic carbocycles. The molecule has 0 amide bonds. The van der Waals surface area contributed by atoms with E-state index >= 15 is 0 Å². The zero-order chi connectivity index (χ0) is 18.5. The van der Waals surface area contributed by atoms with Crippen LogP contribution in [0.3, 0.4) is 0 Å². The minimum atomic E-state index is 0.753. The lowest BCUT2D eigenvalue weighted by molar-refractivity contribution is 0.620. The summed E-state index contributed by atoms with van der Waals surface area (Å²) in [6, 6.07) is 8.27. The number of thiocarbonyl (C=S) groups is 1. The second kappa shape index (κ2) is 12.8. The number of aryl methyl sites for hydroxylation is 1. The van der Waals surface area contributed by atoms with E-state index in [4.69, 9.17) is 12.2 Å². The first-order chi connectivity index (χ1) is 12.2. The molecule has 1 aromatic heterocycles. The molecule has 4 nitrogen and oxygen atoms in total. The number of benzene rings is 1. The highest BCUT2D eigenvalue weighted by Crippen LogP contribution is 2.19. The molecule has 0 aliphatic rings. The first kappa shape index (κ1) is 21.6. The first-order valence-electron chi connectivity index (χ1n) is 9.63. The zero-order valence-corrected chi connectivity index (χ0v) is 17.1. The highest BCUT2D eigenvalue weighted by atomic mass is 32.1. The van der Waals surface area contributed by atoms with Crippen LogP contribution in [0.15, 0.2) is 24.3 Å². The Balaban J connectivity index is 0.000000381. The molecule has 0 radical (unpaired) electrons. The van der Waals surface area contributed by atoms with Crippen LogP contribution in [-0.2, 0) is 6.54 Å². The van der Waals surface area contributed by atoms with Gasteiger partial charge in [-0.2, -0.15) is 5.10 Å². The van der Waals surface area contributed by atoms with Crippen molar-refractivity contribution in [2.75, 3.05) is 19.6 Å². The van der Waals surface area contributed by atoms with Gasteiger partial charge in [0.2, 0.25) is 0 Å². The van der Waals surface area contributed by atoms with Crippen LogP contribution in [0.1, 0.15) is 59.1 Å². The largest absolute Gasteiger partial charge is 0.374 e. The molecule has 5 heteroatoms. The summed E-state index contributed by atoms with van der Waals surface area (Å²) in [5, 5.41) is 12.3. The minimum Gasteiger partial charge on any atom is -0.374 e. The number of nitrogens with zero attached hydrogens (tertiary/aromatic N) is 2. The molecule has 0 spiro atoms. The summed E-state index contributed by atoms with van der Waals surface area (Å²) in [7, 11) is 0. The van der Waals surface area contributed by atoms with Crippen molar-refractivity contribution >= 4 is 28.1 Å². The summed E-state index contributed by atoms with van der Waals surface area (Å²) < 4.78 is 2.05. The van der Waals surface area contributed by atoms with Crippen molar-refractivity contribution in [3.05, 3.63) is 30.0 Å². The van der Waals surface area contributed by atoms with E-state index in [1.54, 1.807) is 0 Å². The Bertz CT molecular complexity index is 617. The van der Waals surface area contributed by atoms with Crippen LogP contribution in [0.5, 0.6) is 0 Å². The van der Waals surface area contributed by atoms with Gasteiger partial charge in [-0.15, -0.1) is 0 Å². The lowest BCUT2D eigenvalue weighted by atomic mass is 10.2. The summed E-state index contributed by atoms with van der Waals surface area (Å²) in [6.07, 6.45) is 4.63. The quantitative estimate of drug-likeness (QED) is 0.508. The summed E-state index contributed by atoms with van der Waals surface area (Å²) in [5.41, 5.74) is 2.07. The van der Waals surface area contributed by atoms with E-state index in [1.165, 1.54) is 25.9 Å². The van der Waals surface area contributed by atoms with Gasteiger partial charge < -0.3 is 10.6 Å². The highest BCUT2D eigenvalue weighted by molar-refractivity contribution is 7.80. The SMILES string of the molecule is CCCNC(=S)c1nn(CCC)c2ccccc12.CCCNCCC. The van der Waals surface area contributed by atoms with Crippen molar-refractivity contribution in [1.82, 2.24) is 20.4 Å². The summed E-state index contributed by atoms with van der Waals surface area (Å²) >= 11 is 5.42. The Morgan fingerprint density at radius 3 is 2.20 bits per heavy atom.